The van der Waals surface area contributed by atoms with Crippen molar-refractivity contribution in [1.29, 1.82) is 0 Å². The highest BCUT2D eigenvalue weighted by Gasteiger charge is 2.12. The van der Waals surface area contributed by atoms with Crippen LogP contribution in [-0.4, -0.2) is 5.78 Å². The van der Waals surface area contributed by atoms with Crippen LogP contribution in [0.5, 0.6) is 0 Å². The quantitative estimate of drug-likeness (QED) is 0.530. The summed E-state index contributed by atoms with van der Waals surface area (Å²) in [5.74, 6) is 0.101. The maximum absolute atomic E-state index is 12.2. The molecule has 0 atom stereocenters. The van der Waals surface area contributed by atoms with Gasteiger partial charge in [-0.15, -0.1) is 0 Å². The van der Waals surface area contributed by atoms with Crippen molar-refractivity contribution in [2.24, 2.45) is 0 Å². The number of carbonyl (C=O) groups excluding carboxylic acids is 1. The van der Waals surface area contributed by atoms with E-state index in [0.29, 0.717) is 6.54 Å². The van der Waals surface area contributed by atoms with E-state index in [9.17, 15) is 4.79 Å². The Kier molecular flexibility index (Phi) is 3.48. The lowest BCUT2D eigenvalue weighted by Crippen LogP contribution is -2.37. The maximum atomic E-state index is 12.2. The van der Waals surface area contributed by atoms with Gasteiger partial charge in [0.1, 0.15) is 0 Å². The highest BCUT2D eigenvalue weighted by Crippen LogP contribution is 2.17. The SMILES string of the molecule is O=C(C[n+]1ccc2cc(Cl)ccc2c1)c1ccccc1. The Balaban J connectivity index is 1.88. The fourth-order valence-electron chi connectivity index (χ4n) is 2.18. The summed E-state index contributed by atoms with van der Waals surface area (Å²) in [5, 5.41) is 2.86. The molecule has 0 aliphatic heterocycles. The van der Waals surface area contributed by atoms with E-state index >= 15 is 0 Å². The van der Waals surface area contributed by atoms with Crippen LogP contribution in [-0.2, 0) is 6.54 Å². The number of nitrogens with zero attached hydrogens (tertiary/aromatic N) is 1. The highest BCUT2D eigenvalue weighted by molar-refractivity contribution is 6.31. The number of rotatable bonds is 3. The monoisotopic (exact) mass is 282 g/mol. The molecule has 0 aliphatic carbocycles. The molecular formula is C17H13ClNO+. The van der Waals surface area contributed by atoms with Gasteiger partial charge in [-0.3, -0.25) is 4.79 Å². The molecule has 1 heterocycles. The largest absolute Gasteiger partial charge is 0.287 e. The second-order valence-electron chi connectivity index (χ2n) is 4.68. The zero-order valence-electron chi connectivity index (χ0n) is 10.8. The third-order valence-electron chi connectivity index (χ3n) is 3.22. The van der Waals surface area contributed by atoms with Gasteiger partial charge in [-0.1, -0.05) is 41.9 Å². The van der Waals surface area contributed by atoms with Crippen molar-refractivity contribution < 1.29 is 9.36 Å². The molecule has 2 aromatic carbocycles. The Hall–Kier alpha value is -2.19. The van der Waals surface area contributed by atoms with Crippen LogP contribution < -0.4 is 4.57 Å². The number of halogens is 1. The molecule has 3 rings (SSSR count). The third kappa shape index (κ3) is 2.70. The summed E-state index contributed by atoms with van der Waals surface area (Å²) in [4.78, 5) is 12.2. The minimum Gasteiger partial charge on any atom is -0.287 e. The Morgan fingerprint density at radius 2 is 1.80 bits per heavy atom. The van der Waals surface area contributed by atoms with Crippen LogP contribution in [0, 0.1) is 0 Å². The Bertz CT molecular complexity index is 768. The minimum absolute atomic E-state index is 0.101. The average Bonchev–Trinajstić information content (AvgIpc) is 2.48. The summed E-state index contributed by atoms with van der Waals surface area (Å²) >= 11 is 5.96. The summed E-state index contributed by atoms with van der Waals surface area (Å²) in [7, 11) is 0. The smallest absolute Gasteiger partial charge is 0.227 e. The van der Waals surface area contributed by atoms with Crippen LogP contribution in [0.2, 0.25) is 5.02 Å². The molecule has 0 unspecified atom stereocenters. The van der Waals surface area contributed by atoms with E-state index in [1.54, 1.807) is 0 Å². The minimum atomic E-state index is 0.101. The molecule has 2 nitrogen and oxygen atoms in total. The summed E-state index contributed by atoms with van der Waals surface area (Å²) in [6, 6.07) is 17.0. The normalized spacial score (nSPS) is 10.7. The molecule has 3 aromatic rings. The van der Waals surface area contributed by atoms with Crippen molar-refractivity contribution in [3.8, 4) is 0 Å². The number of pyridine rings is 1. The van der Waals surface area contributed by atoms with Crippen LogP contribution in [0.4, 0.5) is 0 Å². The first kappa shape index (κ1) is 12.8. The van der Waals surface area contributed by atoms with Gasteiger partial charge in [0.2, 0.25) is 12.3 Å². The van der Waals surface area contributed by atoms with Crippen molar-refractivity contribution in [2.75, 3.05) is 0 Å². The fourth-order valence-corrected chi connectivity index (χ4v) is 2.37. The van der Waals surface area contributed by atoms with E-state index in [-0.39, 0.29) is 5.78 Å². The predicted octanol–water partition coefficient (Wildman–Crippen LogP) is 3.66. The maximum Gasteiger partial charge on any atom is 0.227 e. The number of aromatic nitrogens is 1. The Morgan fingerprint density at radius 3 is 2.60 bits per heavy atom. The van der Waals surface area contributed by atoms with E-state index in [4.69, 9.17) is 11.6 Å². The van der Waals surface area contributed by atoms with Gasteiger partial charge in [-0.25, -0.2) is 0 Å². The van der Waals surface area contributed by atoms with Gasteiger partial charge in [0.05, 0.1) is 0 Å². The number of fused-ring (bicyclic) bond motifs is 1. The summed E-state index contributed by atoms with van der Waals surface area (Å²) in [6.07, 6.45) is 3.87. The van der Waals surface area contributed by atoms with Crippen molar-refractivity contribution in [3.63, 3.8) is 0 Å². The third-order valence-corrected chi connectivity index (χ3v) is 3.46. The first-order valence-corrected chi connectivity index (χ1v) is 6.77. The van der Waals surface area contributed by atoms with Crippen LogP contribution >= 0.6 is 11.6 Å². The van der Waals surface area contributed by atoms with E-state index < -0.39 is 0 Å². The molecular weight excluding hydrogens is 270 g/mol. The Morgan fingerprint density at radius 1 is 1.00 bits per heavy atom. The van der Waals surface area contributed by atoms with Gasteiger partial charge in [-0.05, 0) is 23.6 Å². The molecule has 0 fully saturated rings. The number of Topliss-reactive ketones (excluding diaryl/α,β-unsaturated/α-hetero) is 1. The number of benzene rings is 2. The molecule has 3 heteroatoms. The summed E-state index contributed by atoms with van der Waals surface area (Å²) < 4.78 is 1.89. The topological polar surface area (TPSA) is 20.9 Å². The van der Waals surface area contributed by atoms with Gasteiger partial charge < -0.3 is 0 Å². The van der Waals surface area contributed by atoms with Crippen molar-refractivity contribution >= 4 is 28.2 Å². The van der Waals surface area contributed by atoms with Crippen LogP contribution in [0.1, 0.15) is 10.4 Å². The van der Waals surface area contributed by atoms with Gasteiger partial charge in [0.15, 0.2) is 12.4 Å². The fraction of sp³-hybridized carbons (Fsp3) is 0.0588. The van der Waals surface area contributed by atoms with E-state index in [1.165, 1.54) is 0 Å². The van der Waals surface area contributed by atoms with Crippen molar-refractivity contribution in [3.05, 3.63) is 77.6 Å². The molecule has 0 aliphatic rings. The molecule has 0 spiro atoms. The molecule has 0 N–H and O–H groups in total. The number of hydrogen-bond donors (Lipinski definition) is 0. The Labute approximate surface area is 122 Å². The van der Waals surface area contributed by atoms with E-state index in [0.717, 1.165) is 21.4 Å². The molecule has 0 radical (unpaired) electrons. The summed E-state index contributed by atoms with van der Waals surface area (Å²) in [6.45, 7) is 0.336. The number of ketones is 1. The molecule has 98 valence electrons. The lowest BCUT2D eigenvalue weighted by atomic mass is 10.1. The number of carbonyl (C=O) groups is 1. The zero-order valence-corrected chi connectivity index (χ0v) is 11.5. The van der Waals surface area contributed by atoms with Crippen LogP contribution in [0.3, 0.4) is 0 Å². The zero-order chi connectivity index (χ0) is 13.9. The van der Waals surface area contributed by atoms with E-state index in [1.807, 2.05) is 71.6 Å². The molecule has 0 amide bonds. The summed E-state index contributed by atoms with van der Waals surface area (Å²) in [5.41, 5.74) is 0.733. The van der Waals surface area contributed by atoms with Gasteiger partial charge in [0.25, 0.3) is 0 Å². The predicted molar refractivity (Wildman–Crippen MR) is 79.9 cm³/mol. The van der Waals surface area contributed by atoms with Gasteiger partial charge >= 0.3 is 0 Å². The van der Waals surface area contributed by atoms with Crippen LogP contribution in [0.15, 0.2) is 67.0 Å². The lowest BCUT2D eigenvalue weighted by Gasteiger charge is -2.00. The number of hydrogen-bond acceptors (Lipinski definition) is 1. The highest BCUT2D eigenvalue weighted by atomic mass is 35.5. The molecule has 1 aromatic heterocycles. The average molecular weight is 283 g/mol. The second-order valence-corrected chi connectivity index (χ2v) is 5.12. The molecule has 0 saturated heterocycles. The first-order valence-electron chi connectivity index (χ1n) is 6.39. The molecule has 0 saturated carbocycles. The standard InChI is InChI=1S/C17H13ClNO/c18-16-7-6-15-11-19(9-8-14(15)10-16)12-17(20)13-4-2-1-3-5-13/h1-11H,12H2/q+1. The van der Waals surface area contributed by atoms with Crippen molar-refractivity contribution in [1.82, 2.24) is 0 Å². The lowest BCUT2D eigenvalue weighted by molar-refractivity contribution is -0.681. The molecule has 20 heavy (non-hydrogen) atoms. The molecule has 0 bridgehead atoms. The van der Waals surface area contributed by atoms with Gasteiger partial charge in [0, 0.05) is 22.0 Å². The first-order chi connectivity index (χ1) is 9.72. The van der Waals surface area contributed by atoms with Crippen molar-refractivity contribution in [2.45, 2.75) is 6.54 Å². The van der Waals surface area contributed by atoms with Crippen LogP contribution in [0.25, 0.3) is 10.8 Å². The second kappa shape index (κ2) is 5.43. The van der Waals surface area contributed by atoms with E-state index in [2.05, 4.69) is 0 Å². The van der Waals surface area contributed by atoms with Gasteiger partial charge in [-0.2, -0.15) is 4.57 Å².